The molecule has 0 unspecified atom stereocenters. The van der Waals surface area contributed by atoms with E-state index in [1.165, 1.54) is 12.1 Å². The Hall–Kier alpha value is -4.42. The van der Waals surface area contributed by atoms with Crippen molar-refractivity contribution in [2.75, 3.05) is 48.4 Å². The standard InChI is InChI=1S/C30H28F6N4O3/c1-43-26-5-3-2-4-25(26)40-12-10-39(11-13-40)24-9-8-22(17-23(24)28(42)37-21-6-7-21)38-27(41)18-14-19(29(31,32)33)16-20(15-18)30(34,35)36/h2-5,8-9,14-17,21H,6-7,10-13H2,1H3,(H,37,42)(H,38,41). The van der Waals surface area contributed by atoms with Crippen molar-refractivity contribution in [3.05, 3.63) is 82.9 Å². The van der Waals surface area contributed by atoms with E-state index in [4.69, 9.17) is 4.74 Å². The first-order valence-corrected chi connectivity index (χ1v) is 13.5. The van der Waals surface area contributed by atoms with Crippen LogP contribution in [-0.2, 0) is 12.4 Å². The molecule has 43 heavy (non-hydrogen) atoms. The Morgan fingerprint density at radius 3 is 1.91 bits per heavy atom. The number of rotatable bonds is 7. The molecule has 5 rings (SSSR count). The number of anilines is 3. The highest BCUT2D eigenvalue weighted by molar-refractivity contribution is 6.06. The zero-order chi connectivity index (χ0) is 30.9. The van der Waals surface area contributed by atoms with Crippen molar-refractivity contribution < 1.29 is 40.7 Å². The topological polar surface area (TPSA) is 73.9 Å². The molecule has 2 fully saturated rings. The fourth-order valence-electron chi connectivity index (χ4n) is 4.93. The Labute approximate surface area is 243 Å². The van der Waals surface area contributed by atoms with Crippen LogP contribution in [0.5, 0.6) is 5.75 Å². The van der Waals surface area contributed by atoms with E-state index in [9.17, 15) is 35.9 Å². The monoisotopic (exact) mass is 606 g/mol. The van der Waals surface area contributed by atoms with E-state index in [2.05, 4.69) is 15.5 Å². The minimum absolute atomic E-state index is 0.0203. The lowest BCUT2D eigenvalue weighted by molar-refractivity contribution is -0.143. The van der Waals surface area contributed by atoms with Crippen LogP contribution < -0.4 is 25.2 Å². The first-order valence-electron chi connectivity index (χ1n) is 13.5. The summed E-state index contributed by atoms with van der Waals surface area (Å²) in [5.41, 5.74) is -2.20. The highest BCUT2D eigenvalue weighted by Crippen LogP contribution is 2.37. The van der Waals surface area contributed by atoms with E-state index < -0.39 is 35.0 Å². The molecule has 13 heteroatoms. The van der Waals surface area contributed by atoms with Gasteiger partial charge in [-0.25, -0.2) is 0 Å². The SMILES string of the molecule is COc1ccccc1N1CCN(c2ccc(NC(=O)c3cc(C(F)(F)F)cc(C(F)(F)F)c3)cc2C(=O)NC2CC2)CC1. The molecule has 0 radical (unpaired) electrons. The van der Waals surface area contributed by atoms with Crippen molar-refractivity contribution in [3.8, 4) is 5.75 Å². The van der Waals surface area contributed by atoms with E-state index in [1.54, 1.807) is 13.2 Å². The van der Waals surface area contributed by atoms with Gasteiger partial charge in [0.1, 0.15) is 5.75 Å². The van der Waals surface area contributed by atoms with Gasteiger partial charge in [-0.2, -0.15) is 26.3 Å². The largest absolute Gasteiger partial charge is 0.495 e. The Morgan fingerprint density at radius 1 is 0.767 bits per heavy atom. The second kappa shape index (κ2) is 11.7. The third-order valence-electron chi connectivity index (χ3n) is 7.31. The fourth-order valence-corrected chi connectivity index (χ4v) is 4.93. The van der Waals surface area contributed by atoms with Crippen LogP contribution in [0.4, 0.5) is 43.4 Å². The number of hydrogen-bond donors (Lipinski definition) is 2. The van der Waals surface area contributed by atoms with Gasteiger partial charge in [-0.05, 0) is 61.4 Å². The maximum atomic E-state index is 13.3. The molecule has 0 bridgehead atoms. The smallest absolute Gasteiger partial charge is 0.416 e. The quantitative estimate of drug-likeness (QED) is 0.313. The summed E-state index contributed by atoms with van der Waals surface area (Å²) in [6, 6.07) is 12.8. The lowest BCUT2D eigenvalue weighted by atomic mass is 10.0. The molecule has 2 N–H and O–H groups in total. The van der Waals surface area contributed by atoms with Crippen molar-refractivity contribution in [3.63, 3.8) is 0 Å². The molecular formula is C30H28F6N4O3. The Balaban J connectivity index is 1.39. The van der Waals surface area contributed by atoms with Gasteiger partial charge in [0.05, 0.1) is 29.5 Å². The number of halogens is 6. The summed E-state index contributed by atoms with van der Waals surface area (Å²) in [6.45, 7) is 2.36. The van der Waals surface area contributed by atoms with Gasteiger partial charge in [-0.15, -0.1) is 0 Å². The highest BCUT2D eigenvalue weighted by atomic mass is 19.4. The van der Waals surface area contributed by atoms with Gasteiger partial charge >= 0.3 is 12.4 Å². The molecule has 1 saturated heterocycles. The molecule has 2 aliphatic rings. The number of amides is 2. The van der Waals surface area contributed by atoms with Gasteiger partial charge in [-0.3, -0.25) is 9.59 Å². The first-order chi connectivity index (χ1) is 20.3. The van der Waals surface area contributed by atoms with E-state index in [-0.39, 0.29) is 29.3 Å². The fraction of sp³-hybridized carbons (Fsp3) is 0.333. The lowest BCUT2D eigenvalue weighted by Gasteiger charge is -2.38. The third kappa shape index (κ3) is 6.98. The van der Waals surface area contributed by atoms with Crippen LogP contribution >= 0.6 is 0 Å². The number of nitrogens with zero attached hydrogens (tertiary/aromatic N) is 2. The summed E-state index contributed by atoms with van der Waals surface area (Å²) >= 11 is 0. The zero-order valence-electron chi connectivity index (χ0n) is 23.0. The van der Waals surface area contributed by atoms with Gasteiger partial charge < -0.3 is 25.2 Å². The van der Waals surface area contributed by atoms with Crippen molar-refractivity contribution in [1.29, 1.82) is 0 Å². The summed E-state index contributed by atoms with van der Waals surface area (Å²) in [6.07, 6.45) is -8.54. The summed E-state index contributed by atoms with van der Waals surface area (Å²) in [5, 5.41) is 5.26. The Morgan fingerprint density at radius 2 is 1.35 bits per heavy atom. The molecule has 1 heterocycles. The number of methoxy groups -OCH3 is 1. The average molecular weight is 607 g/mol. The average Bonchev–Trinajstić information content (AvgIpc) is 3.80. The van der Waals surface area contributed by atoms with Crippen LogP contribution in [0.15, 0.2) is 60.7 Å². The zero-order valence-corrected chi connectivity index (χ0v) is 23.0. The molecule has 0 atom stereocenters. The highest BCUT2D eigenvalue weighted by Gasteiger charge is 2.37. The summed E-state index contributed by atoms with van der Waals surface area (Å²) < 4.78 is 85.3. The number of benzene rings is 3. The minimum atomic E-state index is -5.10. The number of carbonyl (C=O) groups is 2. The van der Waals surface area contributed by atoms with Crippen molar-refractivity contribution in [1.82, 2.24) is 5.32 Å². The number of nitrogens with one attached hydrogen (secondary N) is 2. The van der Waals surface area contributed by atoms with Gasteiger partial charge in [-0.1, -0.05) is 12.1 Å². The van der Waals surface area contributed by atoms with Crippen LogP contribution in [0.3, 0.4) is 0 Å². The van der Waals surface area contributed by atoms with Gasteiger partial charge in [0, 0.05) is 49.2 Å². The van der Waals surface area contributed by atoms with Crippen molar-refractivity contribution in [2.45, 2.75) is 31.2 Å². The maximum Gasteiger partial charge on any atom is 0.416 e. The summed E-state index contributed by atoms with van der Waals surface area (Å²) in [4.78, 5) is 30.3. The first kappa shape index (κ1) is 30.1. The van der Waals surface area contributed by atoms with Gasteiger partial charge in [0.15, 0.2) is 0 Å². The van der Waals surface area contributed by atoms with Crippen molar-refractivity contribution in [2.24, 2.45) is 0 Å². The van der Waals surface area contributed by atoms with Crippen LogP contribution in [-0.4, -0.2) is 51.1 Å². The predicted molar refractivity (Wildman–Crippen MR) is 149 cm³/mol. The van der Waals surface area contributed by atoms with E-state index in [0.29, 0.717) is 44.0 Å². The van der Waals surface area contributed by atoms with Gasteiger partial charge in [0.2, 0.25) is 0 Å². The number of carbonyl (C=O) groups excluding carboxylic acids is 2. The molecule has 3 aromatic carbocycles. The van der Waals surface area contributed by atoms with E-state index in [0.717, 1.165) is 24.3 Å². The van der Waals surface area contributed by atoms with Crippen LogP contribution in [0, 0.1) is 0 Å². The molecule has 1 saturated carbocycles. The van der Waals surface area contributed by atoms with Crippen molar-refractivity contribution >= 4 is 28.9 Å². The summed E-state index contributed by atoms with van der Waals surface area (Å²) in [7, 11) is 1.60. The van der Waals surface area contributed by atoms with Crippen LogP contribution in [0.25, 0.3) is 0 Å². The minimum Gasteiger partial charge on any atom is -0.495 e. The number of para-hydroxylation sites is 2. The predicted octanol–water partition coefficient (Wildman–Crippen LogP) is 6.20. The number of alkyl halides is 6. The third-order valence-corrected chi connectivity index (χ3v) is 7.31. The van der Waals surface area contributed by atoms with E-state index in [1.807, 2.05) is 29.2 Å². The van der Waals surface area contributed by atoms with E-state index >= 15 is 0 Å². The second-order valence-electron chi connectivity index (χ2n) is 10.4. The Kier molecular flexibility index (Phi) is 8.17. The normalized spacial score (nSPS) is 15.7. The summed E-state index contributed by atoms with van der Waals surface area (Å²) in [5.74, 6) is -0.828. The molecule has 0 aromatic heterocycles. The van der Waals surface area contributed by atoms with Crippen LogP contribution in [0.2, 0.25) is 0 Å². The number of hydrogen-bond acceptors (Lipinski definition) is 5. The molecule has 7 nitrogen and oxygen atoms in total. The molecule has 0 spiro atoms. The lowest BCUT2D eigenvalue weighted by Crippen LogP contribution is -2.47. The Bertz CT molecular complexity index is 1480. The van der Waals surface area contributed by atoms with Gasteiger partial charge in [0.25, 0.3) is 11.8 Å². The van der Waals surface area contributed by atoms with Crippen LogP contribution in [0.1, 0.15) is 44.7 Å². The molecule has 1 aliphatic carbocycles. The molecular weight excluding hydrogens is 578 g/mol. The molecule has 3 aromatic rings. The number of ether oxygens (including phenoxy) is 1. The maximum absolute atomic E-state index is 13.3. The molecule has 1 aliphatic heterocycles. The molecule has 2 amide bonds. The second-order valence-corrected chi connectivity index (χ2v) is 10.4. The number of piperazine rings is 1. The molecule has 228 valence electrons.